The second-order valence-electron chi connectivity index (χ2n) is 7.82. The van der Waals surface area contributed by atoms with Gasteiger partial charge in [-0.2, -0.15) is 0 Å². The van der Waals surface area contributed by atoms with E-state index in [1.54, 1.807) is 6.07 Å². The number of likely N-dealkylation sites (tertiary alicyclic amines) is 1. The van der Waals surface area contributed by atoms with Gasteiger partial charge >= 0.3 is 0 Å². The molecule has 5 atom stereocenters. The van der Waals surface area contributed by atoms with Crippen molar-refractivity contribution >= 4 is 17.5 Å². The zero-order valence-corrected chi connectivity index (χ0v) is 15.2. The highest BCUT2D eigenvalue weighted by Gasteiger charge is 2.71. The largest absolute Gasteiger partial charge is 0.504 e. The number of benzene rings is 1. The number of hydrogen-bond donors (Lipinski definition) is 3. The number of aromatic hydroxyl groups is 1. The molecule has 3 N–H and O–H groups in total. The van der Waals surface area contributed by atoms with Crippen molar-refractivity contribution in [1.29, 1.82) is 0 Å². The average Bonchev–Trinajstić information content (AvgIpc) is 2.98. The highest BCUT2D eigenvalue weighted by molar-refractivity contribution is 6.27. The third kappa shape index (κ3) is 1.73. The van der Waals surface area contributed by atoms with E-state index in [-0.39, 0.29) is 23.6 Å². The van der Waals surface area contributed by atoms with Gasteiger partial charge in [0.2, 0.25) is 5.91 Å². The van der Waals surface area contributed by atoms with Crippen LogP contribution in [0.15, 0.2) is 24.3 Å². The number of hydrogen-bond acceptors (Lipinski definition) is 5. The maximum Gasteiger partial charge on any atom is 0.235 e. The Bertz CT molecular complexity index is 843. The number of amides is 1. The molecule has 6 nitrogen and oxygen atoms in total. The van der Waals surface area contributed by atoms with Gasteiger partial charge in [-0.3, -0.25) is 9.69 Å². The number of halogens is 1. The smallest absolute Gasteiger partial charge is 0.235 e. The lowest BCUT2D eigenvalue weighted by atomic mass is 9.50. The molecular formula is C19H21ClN2O4. The molecule has 2 aliphatic heterocycles. The van der Waals surface area contributed by atoms with Crippen LogP contribution in [-0.4, -0.2) is 64.3 Å². The summed E-state index contributed by atoms with van der Waals surface area (Å²) in [7, 11) is 2.03. The molecule has 5 rings (SSSR count). The molecule has 1 fully saturated rings. The third-order valence-corrected chi connectivity index (χ3v) is 7.00. The fourth-order valence-electron chi connectivity index (χ4n) is 5.66. The fourth-order valence-corrected chi connectivity index (χ4v) is 5.73. The molecule has 0 radical (unpaired) electrons. The number of likely N-dealkylation sites (N-methyl/N-ethyl adjacent to an activating group) is 1. The summed E-state index contributed by atoms with van der Waals surface area (Å²) in [4.78, 5) is 14.1. The molecule has 1 amide bonds. The molecular weight excluding hydrogens is 356 g/mol. The molecule has 0 saturated carbocycles. The monoisotopic (exact) mass is 376 g/mol. The second kappa shape index (κ2) is 5.15. The average molecular weight is 377 g/mol. The van der Waals surface area contributed by atoms with Crippen LogP contribution in [-0.2, 0) is 16.6 Å². The van der Waals surface area contributed by atoms with E-state index in [0.717, 1.165) is 17.7 Å². The van der Waals surface area contributed by atoms with E-state index in [0.29, 0.717) is 18.6 Å². The number of nitrogens with zero attached hydrogens (tertiary/aromatic N) is 1. The second-order valence-corrected chi connectivity index (χ2v) is 8.09. The predicted octanol–water partition coefficient (Wildman–Crippen LogP) is 0.676. The lowest BCUT2D eigenvalue weighted by molar-refractivity contribution is -0.141. The lowest BCUT2D eigenvalue weighted by Crippen LogP contribution is -2.76. The molecule has 7 heteroatoms. The van der Waals surface area contributed by atoms with Gasteiger partial charge in [-0.1, -0.05) is 18.2 Å². The summed E-state index contributed by atoms with van der Waals surface area (Å²) in [5.74, 6) is 0.105. The van der Waals surface area contributed by atoms with Gasteiger partial charge in [0.05, 0.1) is 11.5 Å². The standard InChI is InChI=1S/C19H21ClN2O4/c1-22-7-6-18-15-10-2-3-12(23)16(15)26-17(18)11(21-14(24)9-20)4-5-19(18,25)13(22)8-10/h2-5,11,13,17,23,25H,6-9H2,1H3,(H,21,24)/t11-,13-,17+,18+,19-/m1/s1. The molecule has 1 spiro atoms. The molecule has 1 aromatic rings. The van der Waals surface area contributed by atoms with Crippen molar-refractivity contribution in [2.24, 2.45) is 0 Å². The molecule has 2 heterocycles. The van der Waals surface area contributed by atoms with Crippen molar-refractivity contribution in [2.75, 3.05) is 19.5 Å². The first-order chi connectivity index (χ1) is 12.4. The van der Waals surface area contributed by atoms with Gasteiger partial charge in [0.1, 0.15) is 17.6 Å². The molecule has 138 valence electrons. The van der Waals surface area contributed by atoms with Crippen LogP contribution in [0.3, 0.4) is 0 Å². The van der Waals surface area contributed by atoms with Gasteiger partial charge in [-0.15, -0.1) is 11.6 Å². The molecule has 2 aliphatic carbocycles. The van der Waals surface area contributed by atoms with E-state index in [4.69, 9.17) is 16.3 Å². The summed E-state index contributed by atoms with van der Waals surface area (Å²) in [5, 5.41) is 25.2. The Morgan fingerprint density at radius 1 is 1.50 bits per heavy atom. The van der Waals surface area contributed by atoms with Crippen molar-refractivity contribution in [3.05, 3.63) is 35.4 Å². The summed E-state index contributed by atoms with van der Waals surface area (Å²) in [6.45, 7) is 0.811. The Morgan fingerprint density at radius 3 is 3.08 bits per heavy atom. The minimum Gasteiger partial charge on any atom is -0.504 e. The van der Waals surface area contributed by atoms with Crippen molar-refractivity contribution in [3.8, 4) is 11.5 Å². The van der Waals surface area contributed by atoms with Crippen LogP contribution in [0, 0.1) is 0 Å². The van der Waals surface area contributed by atoms with E-state index in [1.165, 1.54) is 0 Å². The van der Waals surface area contributed by atoms with Crippen molar-refractivity contribution in [3.63, 3.8) is 0 Å². The molecule has 0 aromatic heterocycles. The Labute approximate surface area is 156 Å². The summed E-state index contributed by atoms with van der Waals surface area (Å²) in [5.41, 5.74) is 0.201. The maximum absolute atomic E-state index is 11.9. The van der Waals surface area contributed by atoms with Gasteiger partial charge < -0.3 is 20.3 Å². The van der Waals surface area contributed by atoms with Gasteiger partial charge in [0, 0.05) is 11.6 Å². The number of aliphatic hydroxyl groups is 1. The van der Waals surface area contributed by atoms with Crippen LogP contribution in [0.4, 0.5) is 0 Å². The Kier molecular flexibility index (Phi) is 3.25. The van der Waals surface area contributed by atoms with Crippen LogP contribution in [0.2, 0.25) is 0 Å². The van der Waals surface area contributed by atoms with Crippen LogP contribution >= 0.6 is 11.6 Å². The van der Waals surface area contributed by atoms with Crippen LogP contribution in [0.5, 0.6) is 11.5 Å². The topological polar surface area (TPSA) is 82.0 Å². The summed E-state index contributed by atoms with van der Waals surface area (Å²) in [6, 6.07) is 3.09. The first kappa shape index (κ1) is 16.4. The Hall–Kier alpha value is -1.76. The highest BCUT2D eigenvalue weighted by Crippen LogP contribution is 2.63. The van der Waals surface area contributed by atoms with E-state index in [9.17, 15) is 15.0 Å². The summed E-state index contributed by atoms with van der Waals surface area (Å²) in [6.07, 6.45) is 4.53. The number of rotatable bonds is 2. The lowest BCUT2D eigenvalue weighted by Gasteiger charge is -2.61. The predicted molar refractivity (Wildman–Crippen MR) is 95.7 cm³/mol. The molecule has 2 bridgehead atoms. The minimum atomic E-state index is -1.11. The fraction of sp³-hybridized carbons (Fsp3) is 0.526. The number of carbonyl (C=O) groups excluding carboxylic acids is 1. The first-order valence-corrected chi connectivity index (χ1v) is 9.45. The van der Waals surface area contributed by atoms with E-state index in [2.05, 4.69) is 10.2 Å². The molecule has 0 unspecified atom stereocenters. The SMILES string of the molecule is CN1CC[C@]23c4c5ccc(O)c4O[C@H]2[C@H](NC(=O)CCl)C=C[C@@]3(O)[C@H]1C5. The zero-order valence-electron chi connectivity index (χ0n) is 14.4. The quantitative estimate of drug-likeness (QED) is 0.522. The number of ether oxygens (including phenoxy) is 1. The minimum absolute atomic E-state index is 0.0775. The van der Waals surface area contributed by atoms with Crippen LogP contribution in [0.25, 0.3) is 0 Å². The van der Waals surface area contributed by atoms with Crippen LogP contribution < -0.4 is 10.1 Å². The van der Waals surface area contributed by atoms with Crippen LogP contribution in [0.1, 0.15) is 17.5 Å². The normalized spacial score (nSPS) is 39.3. The number of phenolic OH excluding ortho intramolecular Hbond substituents is 1. The van der Waals surface area contributed by atoms with Crippen molar-refractivity contribution < 1.29 is 19.7 Å². The molecule has 26 heavy (non-hydrogen) atoms. The Morgan fingerprint density at radius 2 is 2.31 bits per heavy atom. The summed E-state index contributed by atoms with van der Waals surface area (Å²) >= 11 is 5.67. The third-order valence-electron chi connectivity index (χ3n) is 6.76. The molecule has 1 aromatic carbocycles. The molecule has 4 aliphatic rings. The van der Waals surface area contributed by atoms with Crippen molar-refractivity contribution in [2.45, 2.75) is 42.0 Å². The number of carbonyl (C=O) groups is 1. The van der Waals surface area contributed by atoms with E-state index < -0.39 is 23.2 Å². The number of piperidine rings is 1. The highest BCUT2D eigenvalue weighted by atomic mass is 35.5. The zero-order chi connectivity index (χ0) is 18.3. The number of alkyl halides is 1. The molecule has 1 saturated heterocycles. The van der Waals surface area contributed by atoms with Gasteiger partial charge in [0.15, 0.2) is 11.5 Å². The maximum atomic E-state index is 11.9. The number of nitrogens with one attached hydrogen (secondary N) is 1. The van der Waals surface area contributed by atoms with E-state index in [1.807, 2.05) is 25.3 Å². The van der Waals surface area contributed by atoms with E-state index >= 15 is 0 Å². The summed E-state index contributed by atoms with van der Waals surface area (Å²) < 4.78 is 6.23. The van der Waals surface area contributed by atoms with Crippen molar-refractivity contribution in [1.82, 2.24) is 10.2 Å². The van der Waals surface area contributed by atoms with Gasteiger partial charge in [-0.05, 0) is 38.1 Å². The number of phenols is 1. The Balaban J connectivity index is 1.75. The van der Waals surface area contributed by atoms with Gasteiger partial charge in [0.25, 0.3) is 0 Å². The first-order valence-electron chi connectivity index (χ1n) is 8.91. The van der Waals surface area contributed by atoms with Gasteiger partial charge in [-0.25, -0.2) is 0 Å².